The molecule has 2 heterocycles. The summed E-state index contributed by atoms with van der Waals surface area (Å²) >= 11 is 0. The van der Waals surface area contributed by atoms with Gasteiger partial charge >= 0.3 is 6.18 Å². The zero-order chi connectivity index (χ0) is 17.9. The fourth-order valence-corrected chi connectivity index (χ4v) is 3.12. The van der Waals surface area contributed by atoms with Crippen LogP contribution in [-0.2, 0) is 6.18 Å². The molecule has 3 rings (SSSR count). The molecule has 134 valence electrons. The molecule has 1 unspecified atom stereocenters. The lowest BCUT2D eigenvalue weighted by Crippen LogP contribution is -2.39. The Morgan fingerprint density at radius 2 is 2.12 bits per heavy atom. The van der Waals surface area contributed by atoms with Crippen LogP contribution in [0.5, 0.6) is 0 Å². The summed E-state index contributed by atoms with van der Waals surface area (Å²) in [6.07, 6.45) is 1.63. The summed E-state index contributed by atoms with van der Waals surface area (Å²) in [4.78, 5) is 6.65. The maximum Gasteiger partial charge on any atom is 0.416 e. The van der Waals surface area contributed by atoms with Gasteiger partial charge in [-0.05, 0) is 43.9 Å². The number of nitrogens with one attached hydrogen (secondary N) is 1. The molecule has 1 aromatic carbocycles. The van der Waals surface area contributed by atoms with Gasteiger partial charge in [0.2, 0.25) is 5.95 Å². The minimum Gasteiger partial charge on any atom is -0.352 e. The van der Waals surface area contributed by atoms with Crippen molar-refractivity contribution < 1.29 is 13.2 Å². The van der Waals surface area contributed by atoms with Gasteiger partial charge in [-0.1, -0.05) is 13.0 Å². The van der Waals surface area contributed by atoms with Crippen LogP contribution >= 0.6 is 0 Å². The van der Waals surface area contributed by atoms with Crippen molar-refractivity contribution in [3.8, 4) is 0 Å². The molecule has 2 aromatic rings. The third kappa shape index (κ3) is 4.18. The minimum atomic E-state index is -4.39. The lowest BCUT2D eigenvalue weighted by Gasteiger charge is -2.35. The molecule has 1 aliphatic heterocycles. The number of anilines is 3. The average Bonchev–Trinajstić information content (AvgIpc) is 2.61. The first-order chi connectivity index (χ1) is 12.0. The first-order valence-corrected chi connectivity index (χ1v) is 8.38. The van der Waals surface area contributed by atoms with E-state index in [-0.39, 0.29) is 11.6 Å². The van der Waals surface area contributed by atoms with Crippen molar-refractivity contribution in [1.29, 1.82) is 0 Å². The zero-order valence-electron chi connectivity index (χ0n) is 13.9. The molecule has 1 atom stereocenters. The van der Waals surface area contributed by atoms with Crippen LogP contribution in [0, 0.1) is 0 Å². The van der Waals surface area contributed by atoms with Crippen LogP contribution in [0.3, 0.4) is 0 Å². The van der Waals surface area contributed by atoms with Crippen LogP contribution in [0.15, 0.2) is 30.5 Å². The minimum absolute atomic E-state index is 0.192. The number of aromatic nitrogens is 3. The van der Waals surface area contributed by atoms with Crippen molar-refractivity contribution in [2.24, 2.45) is 0 Å². The second-order valence-electron chi connectivity index (χ2n) is 6.09. The highest BCUT2D eigenvalue weighted by Gasteiger charge is 2.30. The highest BCUT2D eigenvalue weighted by molar-refractivity contribution is 5.56. The van der Waals surface area contributed by atoms with Crippen molar-refractivity contribution in [3.05, 3.63) is 36.0 Å². The first kappa shape index (κ1) is 17.4. The molecule has 0 aliphatic carbocycles. The van der Waals surface area contributed by atoms with Gasteiger partial charge in [-0.15, -0.1) is 5.10 Å². The van der Waals surface area contributed by atoms with Gasteiger partial charge in [0.05, 0.1) is 11.8 Å². The fourth-order valence-electron chi connectivity index (χ4n) is 3.12. The van der Waals surface area contributed by atoms with Crippen LogP contribution < -0.4 is 10.2 Å². The van der Waals surface area contributed by atoms with Crippen LogP contribution in [0.2, 0.25) is 0 Å². The van der Waals surface area contributed by atoms with Gasteiger partial charge in [0.25, 0.3) is 0 Å². The summed E-state index contributed by atoms with van der Waals surface area (Å²) in [5.74, 6) is 0.897. The molecule has 0 radical (unpaired) electrons. The van der Waals surface area contributed by atoms with Gasteiger partial charge in [0.1, 0.15) is 0 Å². The van der Waals surface area contributed by atoms with E-state index in [2.05, 4.69) is 32.3 Å². The Hall–Kier alpha value is -2.38. The Morgan fingerprint density at radius 3 is 2.88 bits per heavy atom. The van der Waals surface area contributed by atoms with Gasteiger partial charge in [-0.25, -0.2) is 0 Å². The molecule has 1 fully saturated rings. The molecule has 25 heavy (non-hydrogen) atoms. The molecular formula is C17H20F3N5. The Balaban J connectivity index is 1.80. The van der Waals surface area contributed by atoms with E-state index in [1.165, 1.54) is 12.5 Å². The van der Waals surface area contributed by atoms with Gasteiger partial charge in [-0.2, -0.15) is 23.3 Å². The maximum atomic E-state index is 12.8. The number of benzene rings is 1. The number of nitrogens with zero attached hydrogens (tertiary/aromatic N) is 4. The van der Waals surface area contributed by atoms with E-state index in [1.807, 2.05) is 0 Å². The van der Waals surface area contributed by atoms with E-state index in [4.69, 9.17) is 0 Å². The van der Waals surface area contributed by atoms with Crippen molar-refractivity contribution in [1.82, 2.24) is 15.2 Å². The summed E-state index contributed by atoms with van der Waals surface area (Å²) in [5, 5.41) is 10.7. The Morgan fingerprint density at radius 1 is 1.28 bits per heavy atom. The van der Waals surface area contributed by atoms with E-state index in [9.17, 15) is 13.2 Å². The SMILES string of the molecule is CCC1CCCCN1c1cnnc(Nc2cccc(C(F)(F)F)c2)n1. The largest absolute Gasteiger partial charge is 0.416 e. The van der Waals surface area contributed by atoms with E-state index >= 15 is 0 Å². The van der Waals surface area contributed by atoms with Gasteiger partial charge in [-0.3, -0.25) is 0 Å². The molecule has 5 nitrogen and oxygen atoms in total. The number of hydrogen-bond acceptors (Lipinski definition) is 5. The Labute approximate surface area is 144 Å². The predicted molar refractivity (Wildman–Crippen MR) is 89.8 cm³/mol. The van der Waals surface area contributed by atoms with E-state index in [1.54, 1.807) is 12.3 Å². The molecule has 8 heteroatoms. The van der Waals surface area contributed by atoms with E-state index < -0.39 is 11.7 Å². The third-order valence-corrected chi connectivity index (χ3v) is 4.38. The Bertz CT molecular complexity index is 719. The Kier molecular flexibility index (Phi) is 5.06. The number of hydrogen-bond donors (Lipinski definition) is 1. The van der Waals surface area contributed by atoms with Gasteiger partial charge in [0.15, 0.2) is 5.82 Å². The number of rotatable bonds is 4. The maximum absolute atomic E-state index is 12.8. The van der Waals surface area contributed by atoms with Crippen LogP contribution in [0.25, 0.3) is 0 Å². The second kappa shape index (κ2) is 7.25. The smallest absolute Gasteiger partial charge is 0.352 e. The summed E-state index contributed by atoms with van der Waals surface area (Å²) in [7, 11) is 0. The van der Waals surface area contributed by atoms with E-state index in [0.717, 1.165) is 37.9 Å². The van der Waals surface area contributed by atoms with Gasteiger partial charge in [0, 0.05) is 18.3 Å². The monoisotopic (exact) mass is 351 g/mol. The highest BCUT2D eigenvalue weighted by atomic mass is 19.4. The number of piperidine rings is 1. The summed E-state index contributed by atoms with van der Waals surface area (Å²) in [6, 6.07) is 5.36. The van der Waals surface area contributed by atoms with Crippen LogP contribution in [0.1, 0.15) is 38.2 Å². The molecule has 1 aliphatic rings. The van der Waals surface area contributed by atoms with Crippen LogP contribution in [-0.4, -0.2) is 27.8 Å². The average molecular weight is 351 g/mol. The summed E-state index contributed by atoms with van der Waals surface area (Å²) in [6.45, 7) is 3.04. The lowest BCUT2D eigenvalue weighted by atomic mass is 10.0. The summed E-state index contributed by atoms with van der Waals surface area (Å²) in [5.41, 5.74) is -0.442. The molecule has 0 spiro atoms. The first-order valence-electron chi connectivity index (χ1n) is 8.38. The predicted octanol–water partition coefficient (Wildman–Crippen LogP) is 4.40. The normalized spacial score (nSPS) is 18.2. The molecular weight excluding hydrogens is 331 g/mol. The van der Waals surface area contributed by atoms with Crippen molar-refractivity contribution in [3.63, 3.8) is 0 Å². The highest BCUT2D eigenvalue weighted by Crippen LogP contribution is 2.31. The zero-order valence-corrected chi connectivity index (χ0v) is 13.9. The van der Waals surface area contributed by atoms with Crippen molar-refractivity contribution in [2.75, 3.05) is 16.8 Å². The topological polar surface area (TPSA) is 53.9 Å². The molecule has 0 bridgehead atoms. The molecule has 0 saturated carbocycles. The van der Waals surface area contributed by atoms with Crippen molar-refractivity contribution in [2.45, 2.75) is 44.8 Å². The standard InChI is InChI=1S/C17H20F3N5/c1-2-14-8-3-4-9-25(14)15-11-21-24-16(23-15)22-13-7-5-6-12(10-13)17(18,19)20/h5-7,10-11,14H,2-4,8-9H2,1H3,(H,22,23,24). The number of halogens is 3. The molecule has 0 amide bonds. The molecule has 1 aromatic heterocycles. The van der Waals surface area contributed by atoms with Crippen LogP contribution in [0.4, 0.5) is 30.6 Å². The fraction of sp³-hybridized carbons (Fsp3) is 0.471. The second-order valence-corrected chi connectivity index (χ2v) is 6.09. The molecule has 1 saturated heterocycles. The quantitative estimate of drug-likeness (QED) is 0.885. The lowest BCUT2D eigenvalue weighted by molar-refractivity contribution is -0.137. The molecule has 1 N–H and O–H groups in total. The van der Waals surface area contributed by atoms with Gasteiger partial charge < -0.3 is 10.2 Å². The van der Waals surface area contributed by atoms with Crippen molar-refractivity contribution >= 4 is 17.5 Å². The third-order valence-electron chi connectivity index (χ3n) is 4.38. The van der Waals surface area contributed by atoms with E-state index in [0.29, 0.717) is 11.9 Å². The number of alkyl halides is 3. The summed E-state index contributed by atoms with van der Waals surface area (Å²) < 4.78 is 38.5.